The van der Waals surface area contributed by atoms with Crippen molar-refractivity contribution >= 4 is 21.5 Å². The fourth-order valence-electron chi connectivity index (χ4n) is 3.96. The smallest absolute Gasteiger partial charge is 0.206 e. The lowest BCUT2D eigenvalue weighted by molar-refractivity contribution is -0.139. The van der Waals surface area contributed by atoms with Gasteiger partial charge in [-0.15, -0.1) is 0 Å². The van der Waals surface area contributed by atoms with Crippen molar-refractivity contribution in [1.82, 2.24) is 0 Å². The van der Waals surface area contributed by atoms with Crippen molar-refractivity contribution in [2.24, 2.45) is 0 Å². The van der Waals surface area contributed by atoms with Crippen LogP contribution in [-0.2, 0) is 12.6 Å². The van der Waals surface area contributed by atoms with Gasteiger partial charge in [0.05, 0.1) is 5.56 Å². The summed E-state index contributed by atoms with van der Waals surface area (Å²) in [7, 11) is 0. The molecule has 0 nitrogen and oxygen atoms in total. The van der Waals surface area contributed by atoms with Gasteiger partial charge in [-0.05, 0) is 69.3 Å². The van der Waals surface area contributed by atoms with Crippen LogP contribution < -0.4 is 0 Å². The van der Waals surface area contributed by atoms with E-state index in [2.05, 4.69) is 31.2 Å². The van der Waals surface area contributed by atoms with Gasteiger partial charge in [0.25, 0.3) is 0 Å². The first kappa shape index (κ1) is 20.4. The van der Waals surface area contributed by atoms with E-state index in [9.17, 15) is 17.6 Å². The second-order valence-corrected chi connectivity index (χ2v) is 7.71. The van der Waals surface area contributed by atoms with Gasteiger partial charge in [-0.3, -0.25) is 0 Å². The topological polar surface area (TPSA) is 0 Å². The molecule has 4 aromatic carbocycles. The van der Waals surface area contributed by atoms with Gasteiger partial charge in [-0.25, -0.2) is 4.39 Å². The van der Waals surface area contributed by atoms with Gasteiger partial charge in [-0.2, -0.15) is 13.2 Å². The van der Waals surface area contributed by atoms with Crippen LogP contribution in [0.2, 0.25) is 0 Å². The zero-order valence-electron chi connectivity index (χ0n) is 16.7. The number of aryl methyl sites for hydroxylation is 1. The number of fused-ring (bicyclic) bond motifs is 3. The molecular weight excluding hydrogens is 388 g/mol. The number of alkyl halides is 3. The highest BCUT2D eigenvalue weighted by Crippen LogP contribution is 2.35. The minimum Gasteiger partial charge on any atom is -0.206 e. The Balaban J connectivity index is 1.70. The number of hydrogen-bond donors (Lipinski definition) is 0. The van der Waals surface area contributed by atoms with E-state index in [0.717, 1.165) is 34.7 Å². The van der Waals surface area contributed by atoms with Gasteiger partial charge in [-0.1, -0.05) is 68.3 Å². The average Bonchev–Trinajstić information content (AvgIpc) is 2.72. The molecule has 0 spiro atoms. The van der Waals surface area contributed by atoms with Gasteiger partial charge in [0, 0.05) is 0 Å². The monoisotopic (exact) mass is 410 g/mol. The molecule has 0 bridgehead atoms. The molecule has 0 saturated carbocycles. The fraction of sp³-hybridized carbons (Fsp3) is 0.231. The third-order valence-corrected chi connectivity index (χ3v) is 5.58. The van der Waals surface area contributed by atoms with Crippen molar-refractivity contribution in [3.63, 3.8) is 0 Å². The summed E-state index contributed by atoms with van der Waals surface area (Å²) in [6.45, 7) is 2.19. The first-order chi connectivity index (χ1) is 14.4. The maximum atomic E-state index is 14.0. The van der Waals surface area contributed by atoms with Crippen LogP contribution in [0.15, 0.2) is 66.7 Å². The molecule has 4 rings (SSSR count). The van der Waals surface area contributed by atoms with Crippen LogP contribution in [0.25, 0.3) is 32.7 Å². The van der Waals surface area contributed by atoms with Gasteiger partial charge in [0.1, 0.15) is 5.82 Å². The molecule has 0 atom stereocenters. The minimum absolute atomic E-state index is 0.425. The van der Waals surface area contributed by atoms with Gasteiger partial charge >= 0.3 is 6.18 Å². The molecule has 0 unspecified atom stereocenters. The van der Waals surface area contributed by atoms with Crippen molar-refractivity contribution in [2.45, 2.75) is 38.8 Å². The minimum atomic E-state index is -4.69. The molecule has 0 aliphatic carbocycles. The SMILES string of the molecule is CCCCCc1ccc2c(ccc3cc(-c4ccc(C(F)(F)F)c(F)c4)ccc32)c1. The van der Waals surface area contributed by atoms with E-state index < -0.39 is 17.6 Å². The third kappa shape index (κ3) is 4.04. The summed E-state index contributed by atoms with van der Waals surface area (Å²) in [6.07, 6.45) is -0.0182. The van der Waals surface area contributed by atoms with Crippen LogP contribution in [0, 0.1) is 5.82 Å². The predicted octanol–water partition coefficient (Wildman–Crippen LogP) is 8.55. The molecule has 0 aromatic heterocycles. The predicted molar refractivity (Wildman–Crippen MR) is 115 cm³/mol. The lowest BCUT2D eigenvalue weighted by Gasteiger charge is -2.11. The first-order valence-corrected chi connectivity index (χ1v) is 10.2. The molecule has 0 aliphatic rings. The maximum absolute atomic E-state index is 14.0. The molecule has 30 heavy (non-hydrogen) atoms. The Bertz CT molecular complexity index is 1210. The molecule has 4 heteroatoms. The summed E-state index contributed by atoms with van der Waals surface area (Å²) in [4.78, 5) is 0. The van der Waals surface area contributed by atoms with Crippen molar-refractivity contribution in [1.29, 1.82) is 0 Å². The summed E-state index contributed by atoms with van der Waals surface area (Å²) in [5, 5.41) is 4.35. The number of unbranched alkanes of at least 4 members (excludes halogenated alkanes) is 2. The van der Waals surface area contributed by atoms with Crippen LogP contribution >= 0.6 is 0 Å². The molecule has 0 amide bonds. The summed E-state index contributed by atoms with van der Waals surface area (Å²) in [6, 6.07) is 19.4. The number of hydrogen-bond acceptors (Lipinski definition) is 0. The first-order valence-electron chi connectivity index (χ1n) is 10.2. The Hall–Kier alpha value is -2.88. The van der Waals surface area contributed by atoms with E-state index in [1.54, 1.807) is 0 Å². The normalized spacial score (nSPS) is 12.0. The standard InChI is InChI=1S/C26H22F4/c1-2-3-4-5-17-6-11-22-20(14-17)7-8-21-15-18(9-12-23(21)22)19-10-13-24(25(27)16-19)26(28,29)30/h6-16H,2-5H2,1H3. The van der Waals surface area contributed by atoms with Crippen molar-refractivity contribution in [3.05, 3.63) is 83.7 Å². The van der Waals surface area contributed by atoms with E-state index >= 15 is 0 Å². The fourth-order valence-corrected chi connectivity index (χ4v) is 3.96. The highest BCUT2D eigenvalue weighted by Gasteiger charge is 2.33. The van der Waals surface area contributed by atoms with E-state index in [4.69, 9.17) is 0 Å². The second-order valence-electron chi connectivity index (χ2n) is 7.71. The molecule has 0 radical (unpaired) electrons. The third-order valence-electron chi connectivity index (χ3n) is 5.58. The van der Waals surface area contributed by atoms with E-state index in [1.165, 1.54) is 36.3 Å². The Morgan fingerprint density at radius 2 is 1.33 bits per heavy atom. The molecule has 0 heterocycles. The average molecular weight is 410 g/mol. The van der Waals surface area contributed by atoms with E-state index in [1.807, 2.05) is 24.3 Å². The zero-order valence-corrected chi connectivity index (χ0v) is 16.7. The summed E-state index contributed by atoms with van der Waals surface area (Å²) in [5.41, 5.74) is 1.19. The number of rotatable bonds is 5. The molecule has 4 aromatic rings. The second kappa shape index (κ2) is 8.10. The number of benzene rings is 4. The Morgan fingerprint density at radius 1 is 0.700 bits per heavy atom. The van der Waals surface area contributed by atoms with E-state index in [-0.39, 0.29) is 0 Å². The lowest BCUT2D eigenvalue weighted by atomic mass is 9.95. The molecule has 0 aliphatic heterocycles. The van der Waals surface area contributed by atoms with Gasteiger partial charge in [0.2, 0.25) is 0 Å². The van der Waals surface area contributed by atoms with Gasteiger partial charge in [0.15, 0.2) is 0 Å². The zero-order chi connectivity index (χ0) is 21.3. The van der Waals surface area contributed by atoms with Crippen molar-refractivity contribution < 1.29 is 17.6 Å². The Morgan fingerprint density at radius 3 is 2.00 bits per heavy atom. The lowest BCUT2D eigenvalue weighted by Crippen LogP contribution is -2.07. The largest absolute Gasteiger partial charge is 0.419 e. The van der Waals surface area contributed by atoms with Crippen molar-refractivity contribution in [2.75, 3.05) is 0 Å². The highest BCUT2D eigenvalue weighted by atomic mass is 19.4. The van der Waals surface area contributed by atoms with Crippen molar-refractivity contribution in [3.8, 4) is 11.1 Å². The summed E-state index contributed by atoms with van der Waals surface area (Å²) >= 11 is 0. The maximum Gasteiger partial charge on any atom is 0.419 e. The van der Waals surface area contributed by atoms with Crippen LogP contribution in [0.1, 0.15) is 37.3 Å². The van der Waals surface area contributed by atoms with E-state index in [0.29, 0.717) is 11.1 Å². The molecular formula is C26H22F4. The molecule has 0 fully saturated rings. The van der Waals surface area contributed by atoms with Crippen LogP contribution in [-0.4, -0.2) is 0 Å². The molecule has 0 N–H and O–H groups in total. The van der Waals surface area contributed by atoms with Crippen LogP contribution in [0.5, 0.6) is 0 Å². The summed E-state index contributed by atoms with van der Waals surface area (Å²) < 4.78 is 52.4. The summed E-state index contributed by atoms with van der Waals surface area (Å²) in [5.74, 6) is -1.26. The van der Waals surface area contributed by atoms with Crippen LogP contribution in [0.4, 0.5) is 17.6 Å². The quantitative estimate of drug-likeness (QED) is 0.176. The van der Waals surface area contributed by atoms with Gasteiger partial charge < -0.3 is 0 Å². The molecule has 154 valence electrons. The Labute approximate surface area is 173 Å². The molecule has 0 saturated heterocycles. The number of halogens is 4. The highest BCUT2D eigenvalue weighted by molar-refractivity contribution is 6.08. The van der Waals surface area contributed by atoms with Crippen LogP contribution in [0.3, 0.4) is 0 Å². The Kier molecular flexibility index (Phi) is 5.50.